The fourth-order valence-corrected chi connectivity index (χ4v) is 5.02. The number of methoxy groups -OCH3 is 1. The third kappa shape index (κ3) is 4.81. The van der Waals surface area contributed by atoms with E-state index in [1.54, 1.807) is 18.6 Å². The summed E-state index contributed by atoms with van der Waals surface area (Å²) in [5, 5.41) is 4.32. The number of hydrogen-bond acceptors (Lipinski definition) is 5. The lowest BCUT2D eigenvalue weighted by Gasteiger charge is -2.16. The van der Waals surface area contributed by atoms with Crippen LogP contribution in [0.3, 0.4) is 0 Å². The molecule has 1 aromatic rings. The largest absolute Gasteiger partial charge is 0.385 e. The summed E-state index contributed by atoms with van der Waals surface area (Å²) in [7, 11) is -0.668. The number of rotatable bonds is 8. The molecule has 0 spiro atoms. The van der Waals surface area contributed by atoms with E-state index in [1.165, 1.54) is 7.05 Å². The van der Waals surface area contributed by atoms with Gasteiger partial charge in [0.25, 0.3) is 10.0 Å². The van der Waals surface area contributed by atoms with Gasteiger partial charge < -0.3 is 10.1 Å². The van der Waals surface area contributed by atoms with Crippen molar-refractivity contribution in [3.8, 4) is 0 Å². The number of halogens is 1. The third-order valence-electron chi connectivity index (χ3n) is 2.44. The zero-order chi connectivity index (χ0) is 15.2. The Bertz CT molecular complexity index is 544. The van der Waals surface area contributed by atoms with Gasteiger partial charge in [0.15, 0.2) is 0 Å². The number of sulfonamides is 1. The van der Waals surface area contributed by atoms with Crippen LogP contribution in [-0.2, 0) is 19.6 Å². The Hall–Kier alpha value is -0.480. The number of likely N-dealkylation sites (N-methyl/N-ethyl adjacent to an activating group) is 1. The van der Waals surface area contributed by atoms with Crippen molar-refractivity contribution in [2.75, 3.05) is 33.9 Å². The molecular weight excluding hydrogens is 368 g/mol. The van der Waals surface area contributed by atoms with Crippen LogP contribution in [0.5, 0.6) is 0 Å². The van der Waals surface area contributed by atoms with Gasteiger partial charge >= 0.3 is 0 Å². The van der Waals surface area contributed by atoms with Gasteiger partial charge in [0.05, 0.1) is 6.54 Å². The molecule has 0 saturated carbocycles. The molecular formula is C11H17BrN2O4S2. The first-order valence-corrected chi connectivity index (χ1v) is 8.96. The Morgan fingerprint density at radius 2 is 2.25 bits per heavy atom. The van der Waals surface area contributed by atoms with Crippen LogP contribution in [0, 0.1) is 0 Å². The summed E-state index contributed by atoms with van der Waals surface area (Å²) in [4.78, 5) is 11.7. The molecule has 0 aliphatic heterocycles. The van der Waals surface area contributed by atoms with Crippen LogP contribution in [0.1, 0.15) is 6.42 Å². The number of nitrogens with one attached hydrogen (secondary N) is 1. The first kappa shape index (κ1) is 17.6. The average Bonchev–Trinajstić information content (AvgIpc) is 2.81. The maximum absolute atomic E-state index is 12.2. The normalized spacial score (nSPS) is 11.8. The molecule has 0 unspecified atom stereocenters. The van der Waals surface area contributed by atoms with Crippen molar-refractivity contribution in [1.29, 1.82) is 0 Å². The third-order valence-corrected chi connectivity index (χ3v) is 6.89. The van der Waals surface area contributed by atoms with Gasteiger partial charge in [-0.3, -0.25) is 4.79 Å². The molecule has 0 radical (unpaired) electrons. The van der Waals surface area contributed by atoms with Gasteiger partial charge in [-0.1, -0.05) is 0 Å². The minimum Gasteiger partial charge on any atom is -0.385 e. The predicted molar refractivity (Wildman–Crippen MR) is 81.3 cm³/mol. The number of hydrogen-bond donors (Lipinski definition) is 1. The Labute approximate surface area is 131 Å². The van der Waals surface area contributed by atoms with E-state index in [0.717, 1.165) is 15.6 Å². The lowest BCUT2D eigenvalue weighted by Crippen LogP contribution is -2.38. The second-order valence-corrected chi connectivity index (χ2v) is 8.02. The fourth-order valence-electron chi connectivity index (χ4n) is 1.39. The highest BCUT2D eigenvalue weighted by Gasteiger charge is 2.26. The van der Waals surface area contributed by atoms with Crippen molar-refractivity contribution in [3.05, 3.63) is 15.9 Å². The number of thiophene rings is 1. The van der Waals surface area contributed by atoms with Crippen molar-refractivity contribution in [2.45, 2.75) is 10.6 Å². The number of ether oxygens (including phenoxy) is 1. The first-order valence-electron chi connectivity index (χ1n) is 5.84. The molecule has 1 amide bonds. The summed E-state index contributed by atoms with van der Waals surface area (Å²) < 4.78 is 31.1. The van der Waals surface area contributed by atoms with Gasteiger partial charge in [-0.15, -0.1) is 11.3 Å². The van der Waals surface area contributed by atoms with E-state index in [9.17, 15) is 13.2 Å². The predicted octanol–water partition coefficient (Wildman–Crippen LogP) is 1.28. The van der Waals surface area contributed by atoms with Crippen LogP contribution in [0.2, 0.25) is 0 Å². The molecule has 0 aliphatic carbocycles. The van der Waals surface area contributed by atoms with Gasteiger partial charge in [0, 0.05) is 31.8 Å². The van der Waals surface area contributed by atoms with Crippen molar-refractivity contribution in [1.82, 2.24) is 9.62 Å². The Morgan fingerprint density at radius 3 is 2.80 bits per heavy atom. The average molecular weight is 385 g/mol. The molecule has 6 nitrogen and oxygen atoms in total. The van der Waals surface area contributed by atoms with Gasteiger partial charge in [0.1, 0.15) is 4.21 Å². The van der Waals surface area contributed by atoms with Gasteiger partial charge in [0.2, 0.25) is 5.91 Å². The smallest absolute Gasteiger partial charge is 0.253 e. The van der Waals surface area contributed by atoms with Crippen molar-refractivity contribution in [3.63, 3.8) is 0 Å². The zero-order valence-corrected chi connectivity index (χ0v) is 14.5. The second-order valence-electron chi connectivity index (χ2n) is 4.01. The number of carbonyl (C=O) groups is 1. The Morgan fingerprint density at radius 1 is 1.55 bits per heavy atom. The number of nitrogens with zero attached hydrogens (tertiary/aromatic N) is 1. The van der Waals surface area contributed by atoms with Crippen molar-refractivity contribution < 1.29 is 17.9 Å². The topological polar surface area (TPSA) is 75.7 Å². The van der Waals surface area contributed by atoms with Crippen LogP contribution in [0.15, 0.2) is 20.1 Å². The van der Waals surface area contributed by atoms with E-state index in [1.807, 2.05) is 0 Å². The standard InChI is InChI=1S/C11H17BrN2O4S2/c1-14(8-10(15)13-5-3-6-18-2)20(16,17)11-9(12)4-7-19-11/h4,7H,3,5-6,8H2,1-2H3,(H,13,15). The molecule has 1 rings (SSSR count). The fraction of sp³-hybridized carbons (Fsp3) is 0.545. The maximum Gasteiger partial charge on any atom is 0.253 e. The highest BCUT2D eigenvalue weighted by atomic mass is 79.9. The molecule has 0 aromatic carbocycles. The molecule has 0 aliphatic rings. The highest BCUT2D eigenvalue weighted by Crippen LogP contribution is 2.29. The summed E-state index contributed by atoms with van der Waals surface area (Å²) in [6.45, 7) is 0.805. The number of amides is 1. The lowest BCUT2D eigenvalue weighted by molar-refractivity contribution is -0.121. The van der Waals surface area contributed by atoms with Crippen LogP contribution in [0.4, 0.5) is 0 Å². The zero-order valence-electron chi connectivity index (χ0n) is 11.3. The minimum absolute atomic E-state index is 0.201. The molecule has 0 atom stereocenters. The Balaban J connectivity index is 2.56. The first-order chi connectivity index (χ1) is 9.39. The molecule has 0 fully saturated rings. The van der Waals surface area contributed by atoms with E-state index >= 15 is 0 Å². The molecule has 1 heterocycles. The quantitative estimate of drug-likeness (QED) is 0.685. The molecule has 114 valence electrons. The summed E-state index contributed by atoms with van der Waals surface area (Å²) in [5.74, 6) is -0.333. The summed E-state index contributed by atoms with van der Waals surface area (Å²) in [6.07, 6.45) is 0.690. The van der Waals surface area contributed by atoms with E-state index < -0.39 is 10.0 Å². The van der Waals surface area contributed by atoms with Gasteiger partial charge in [-0.25, -0.2) is 8.42 Å². The molecule has 9 heteroatoms. The summed E-state index contributed by atoms with van der Waals surface area (Å²) >= 11 is 4.30. The Kier molecular flexibility index (Phi) is 7.10. The van der Waals surface area contributed by atoms with Crippen LogP contribution >= 0.6 is 27.3 Å². The van der Waals surface area contributed by atoms with Crippen LogP contribution < -0.4 is 5.32 Å². The second kappa shape index (κ2) is 8.08. The van der Waals surface area contributed by atoms with Crippen LogP contribution in [0.25, 0.3) is 0 Å². The maximum atomic E-state index is 12.2. The van der Waals surface area contributed by atoms with Crippen molar-refractivity contribution in [2.24, 2.45) is 0 Å². The van der Waals surface area contributed by atoms with E-state index in [2.05, 4.69) is 21.2 Å². The van der Waals surface area contributed by atoms with Gasteiger partial charge in [-0.2, -0.15) is 4.31 Å². The summed E-state index contributed by atoms with van der Waals surface area (Å²) in [5.41, 5.74) is 0. The van der Waals surface area contributed by atoms with Crippen LogP contribution in [-0.4, -0.2) is 52.5 Å². The molecule has 1 aromatic heterocycles. The minimum atomic E-state index is -3.64. The van der Waals surface area contributed by atoms with Crippen molar-refractivity contribution >= 4 is 43.2 Å². The van der Waals surface area contributed by atoms with E-state index in [-0.39, 0.29) is 16.7 Å². The van der Waals surface area contributed by atoms with E-state index in [0.29, 0.717) is 24.0 Å². The molecule has 0 saturated heterocycles. The molecule has 20 heavy (non-hydrogen) atoms. The monoisotopic (exact) mass is 384 g/mol. The summed E-state index contributed by atoms with van der Waals surface area (Å²) in [6, 6.07) is 1.66. The number of carbonyl (C=O) groups excluding carboxylic acids is 1. The van der Waals surface area contributed by atoms with Gasteiger partial charge in [-0.05, 0) is 33.8 Å². The molecule has 0 bridgehead atoms. The SMILES string of the molecule is COCCCNC(=O)CN(C)S(=O)(=O)c1sccc1Br. The highest BCUT2D eigenvalue weighted by molar-refractivity contribution is 9.10. The molecule has 1 N–H and O–H groups in total. The lowest BCUT2D eigenvalue weighted by atomic mass is 10.4. The van der Waals surface area contributed by atoms with E-state index in [4.69, 9.17) is 4.74 Å².